The number of methoxy groups -OCH3 is 1. The maximum absolute atomic E-state index is 12.3. The van der Waals surface area contributed by atoms with Crippen LogP contribution in [0.3, 0.4) is 0 Å². The smallest absolute Gasteiger partial charge is 0.363 e. The van der Waals surface area contributed by atoms with Gasteiger partial charge >= 0.3 is 11.9 Å². The molecule has 4 rings (SSSR count). The van der Waals surface area contributed by atoms with E-state index in [4.69, 9.17) is 14.2 Å². The minimum atomic E-state index is -0.704. The van der Waals surface area contributed by atoms with E-state index in [1.807, 2.05) is 0 Å². The Bertz CT molecular complexity index is 1520. The van der Waals surface area contributed by atoms with Gasteiger partial charge in [-0.15, -0.1) is 0 Å². The second-order valence-electron chi connectivity index (χ2n) is 7.65. The van der Waals surface area contributed by atoms with Gasteiger partial charge in [0.15, 0.2) is 17.2 Å². The number of benzene rings is 3. The van der Waals surface area contributed by atoms with Gasteiger partial charge in [0.05, 0.1) is 17.0 Å². The highest BCUT2D eigenvalue weighted by Crippen LogP contribution is 2.30. The predicted molar refractivity (Wildman–Crippen MR) is 134 cm³/mol. The molecule has 12 nitrogen and oxygen atoms in total. The highest BCUT2D eigenvalue weighted by molar-refractivity contribution is 6.12. The lowest BCUT2D eigenvalue weighted by Gasteiger charge is -2.08. The number of carbonyl (C=O) groups is 2. The normalized spacial score (nSPS) is 13.8. The van der Waals surface area contributed by atoms with Gasteiger partial charge in [0.25, 0.3) is 11.4 Å². The fourth-order valence-corrected chi connectivity index (χ4v) is 3.29. The number of nitrogens with zero attached hydrogens (tertiary/aromatic N) is 3. The number of ether oxygens (including phenoxy) is 3. The van der Waals surface area contributed by atoms with Crippen LogP contribution in [0.2, 0.25) is 0 Å². The van der Waals surface area contributed by atoms with Gasteiger partial charge in [0.1, 0.15) is 0 Å². The number of hydrogen-bond acceptors (Lipinski definition) is 10. The summed E-state index contributed by atoms with van der Waals surface area (Å²) in [6.07, 6.45) is 4.06. The number of nitro groups is 2. The first kappa shape index (κ1) is 25.4. The van der Waals surface area contributed by atoms with Crippen LogP contribution in [0.1, 0.15) is 16.7 Å². The Labute approximate surface area is 214 Å². The topological polar surface area (TPSA) is 160 Å². The molecule has 0 saturated carbocycles. The number of hydrogen-bond donors (Lipinski definition) is 0. The molecule has 12 heteroatoms. The molecule has 0 amide bonds. The zero-order valence-corrected chi connectivity index (χ0v) is 19.6. The summed E-state index contributed by atoms with van der Waals surface area (Å²) in [5, 5.41) is 21.5. The molecule has 190 valence electrons. The maximum Gasteiger partial charge on any atom is 0.363 e. The van der Waals surface area contributed by atoms with Crippen LogP contribution in [0.15, 0.2) is 83.5 Å². The fraction of sp³-hybridized carbons (Fsp3) is 0.0385. The molecule has 3 aromatic carbocycles. The summed E-state index contributed by atoms with van der Waals surface area (Å²) in [5.74, 6) is -1.07. The van der Waals surface area contributed by atoms with E-state index in [0.717, 1.165) is 0 Å². The Morgan fingerprint density at radius 1 is 0.895 bits per heavy atom. The Hall–Kier alpha value is -5.65. The number of carbonyl (C=O) groups excluding carboxylic acids is 2. The summed E-state index contributed by atoms with van der Waals surface area (Å²) in [5.41, 5.74) is 1.29. The van der Waals surface area contributed by atoms with Crippen molar-refractivity contribution in [3.63, 3.8) is 0 Å². The third kappa shape index (κ3) is 5.94. The van der Waals surface area contributed by atoms with Gasteiger partial charge in [-0.3, -0.25) is 20.2 Å². The van der Waals surface area contributed by atoms with Crippen molar-refractivity contribution in [3.05, 3.63) is 115 Å². The third-order valence-electron chi connectivity index (χ3n) is 5.16. The molecule has 38 heavy (non-hydrogen) atoms. The molecular formula is C26H17N3O9. The summed E-state index contributed by atoms with van der Waals surface area (Å²) < 4.78 is 15.8. The van der Waals surface area contributed by atoms with Gasteiger partial charge in [-0.2, -0.15) is 0 Å². The second kappa shape index (κ2) is 11.0. The average Bonchev–Trinajstić information content (AvgIpc) is 3.28. The van der Waals surface area contributed by atoms with Crippen molar-refractivity contribution < 1.29 is 33.6 Å². The predicted octanol–water partition coefficient (Wildman–Crippen LogP) is 4.47. The van der Waals surface area contributed by atoms with Gasteiger partial charge in [-0.1, -0.05) is 6.07 Å². The first-order valence-electron chi connectivity index (χ1n) is 10.8. The molecule has 0 atom stereocenters. The highest BCUT2D eigenvalue weighted by atomic mass is 16.6. The lowest BCUT2D eigenvalue weighted by atomic mass is 10.1. The molecule has 0 aliphatic carbocycles. The van der Waals surface area contributed by atoms with E-state index < -0.39 is 21.8 Å². The summed E-state index contributed by atoms with van der Waals surface area (Å²) in [4.78, 5) is 49.2. The average molecular weight is 515 g/mol. The zero-order chi connectivity index (χ0) is 27.2. The van der Waals surface area contributed by atoms with E-state index in [-0.39, 0.29) is 34.5 Å². The van der Waals surface area contributed by atoms with Crippen LogP contribution in [0, 0.1) is 20.2 Å². The number of aliphatic imine (C=N–C) groups is 1. The molecule has 0 bridgehead atoms. The highest BCUT2D eigenvalue weighted by Gasteiger charge is 2.25. The summed E-state index contributed by atoms with van der Waals surface area (Å²) in [6, 6.07) is 15.6. The lowest BCUT2D eigenvalue weighted by Crippen LogP contribution is -2.05. The largest absolute Gasteiger partial charge is 0.493 e. The van der Waals surface area contributed by atoms with Crippen molar-refractivity contribution in [3.8, 4) is 11.5 Å². The molecule has 0 spiro atoms. The minimum absolute atomic E-state index is 0.00354. The summed E-state index contributed by atoms with van der Waals surface area (Å²) in [7, 11) is 1.38. The Balaban J connectivity index is 1.47. The third-order valence-corrected chi connectivity index (χ3v) is 5.16. The van der Waals surface area contributed by atoms with Crippen LogP contribution in [0.4, 0.5) is 11.4 Å². The molecule has 3 aromatic rings. The van der Waals surface area contributed by atoms with Crippen molar-refractivity contribution in [2.75, 3.05) is 7.11 Å². The minimum Gasteiger partial charge on any atom is -0.493 e. The molecule has 0 radical (unpaired) electrons. The van der Waals surface area contributed by atoms with Gasteiger partial charge in [0.2, 0.25) is 5.90 Å². The number of rotatable bonds is 8. The van der Waals surface area contributed by atoms with Crippen LogP contribution < -0.4 is 9.47 Å². The van der Waals surface area contributed by atoms with Gasteiger partial charge < -0.3 is 14.2 Å². The first-order chi connectivity index (χ1) is 18.2. The van der Waals surface area contributed by atoms with Crippen molar-refractivity contribution in [1.82, 2.24) is 0 Å². The van der Waals surface area contributed by atoms with E-state index >= 15 is 0 Å². The first-order valence-corrected chi connectivity index (χ1v) is 10.8. The number of cyclic esters (lactones) is 1. The molecule has 0 aromatic heterocycles. The van der Waals surface area contributed by atoms with Crippen LogP contribution >= 0.6 is 0 Å². The van der Waals surface area contributed by atoms with Crippen LogP contribution in [-0.2, 0) is 14.3 Å². The summed E-state index contributed by atoms with van der Waals surface area (Å²) >= 11 is 0. The fourth-order valence-electron chi connectivity index (χ4n) is 3.29. The molecule has 0 saturated heterocycles. The van der Waals surface area contributed by atoms with Gasteiger partial charge in [-0.25, -0.2) is 14.6 Å². The van der Waals surface area contributed by atoms with E-state index in [9.17, 15) is 29.8 Å². The van der Waals surface area contributed by atoms with Crippen LogP contribution in [-0.4, -0.2) is 34.8 Å². The monoisotopic (exact) mass is 515 g/mol. The van der Waals surface area contributed by atoms with Crippen LogP contribution in [0.25, 0.3) is 12.2 Å². The van der Waals surface area contributed by atoms with Crippen molar-refractivity contribution in [1.29, 1.82) is 0 Å². The number of non-ortho nitro benzene ring substituents is 2. The quantitative estimate of drug-likeness (QED) is 0.138. The number of nitro benzene ring substituents is 2. The number of esters is 2. The van der Waals surface area contributed by atoms with Crippen molar-refractivity contribution >= 4 is 41.4 Å². The molecule has 1 aliphatic rings. The van der Waals surface area contributed by atoms with E-state index in [2.05, 4.69) is 4.99 Å². The Morgan fingerprint density at radius 3 is 2.11 bits per heavy atom. The van der Waals surface area contributed by atoms with Crippen molar-refractivity contribution in [2.24, 2.45) is 4.99 Å². The Kier molecular flexibility index (Phi) is 7.33. The van der Waals surface area contributed by atoms with Crippen LogP contribution in [0.5, 0.6) is 11.5 Å². The zero-order valence-electron chi connectivity index (χ0n) is 19.6. The SMILES string of the molecule is COc1cc(/C=C2\N=C(c3ccc([N+](=O)[O-])cc3)OC2=O)ccc1OC(=O)/C=C/c1ccc([N+](=O)[O-])cc1. The van der Waals surface area contributed by atoms with Gasteiger partial charge in [-0.05, 0) is 59.7 Å². The van der Waals surface area contributed by atoms with E-state index in [1.165, 1.54) is 86.0 Å². The summed E-state index contributed by atoms with van der Waals surface area (Å²) in [6.45, 7) is 0. The standard InChI is InChI=1S/C26H17N3O9/c1-36-23-15-17(14-21-26(31)38-25(27-21)18-6-10-20(11-7-18)29(34)35)4-12-22(23)37-24(30)13-5-16-2-8-19(9-3-16)28(32)33/h2-15H,1H3/b13-5+,21-14-. The molecular weight excluding hydrogens is 498 g/mol. The van der Waals surface area contributed by atoms with E-state index in [1.54, 1.807) is 6.07 Å². The lowest BCUT2D eigenvalue weighted by molar-refractivity contribution is -0.385. The Morgan fingerprint density at radius 2 is 1.50 bits per heavy atom. The maximum atomic E-state index is 12.3. The molecule has 0 fully saturated rings. The van der Waals surface area contributed by atoms with Gasteiger partial charge in [0, 0.05) is 35.9 Å². The molecule has 1 heterocycles. The van der Waals surface area contributed by atoms with Crippen molar-refractivity contribution in [2.45, 2.75) is 0 Å². The second-order valence-corrected chi connectivity index (χ2v) is 7.65. The van der Waals surface area contributed by atoms with E-state index in [0.29, 0.717) is 16.7 Å². The molecule has 1 aliphatic heterocycles. The molecule has 0 N–H and O–H groups in total. The molecule has 0 unspecified atom stereocenters.